The fourth-order valence-electron chi connectivity index (χ4n) is 2.14. The summed E-state index contributed by atoms with van der Waals surface area (Å²) in [6.07, 6.45) is 3.42. The van der Waals surface area contributed by atoms with Gasteiger partial charge in [-0.3, -0.25) is 0 Å². The maximum atomic E-state index is 13.8. The van der Waals surface area contributed by atoms with Gasteiger partial charge in [0.2, 0.25) is 0 Å². The van der Waals surface area contributed by atoms with Crippen LogP contribution in [0.3, 0.4) is 0 Å². The zero-order valence-electron chi connectivity index (χ0n) is 10.2. The molecule has 0 saturated heterocycles. The lowest BCUT2D eigenvalue weighted by molar-refractivity contribution is 0.284. The standard InChI is InChI=1S/C13H16F2N2S/c1-7(8-3-2-4-8)17-12-10(14)5-9(13(16)18)6-11(12)15/h5-8,17H,2-4H2,1H3,(H2,16,18). The van der Waals surface area contributed by atoms with Crippen molar-refractivity contribution in [2.75, 3.05) is 5.32 Å². The van der Waals surface area contributed by atoms with Crippen LogP contribution in [-0.2, 0) is 0 Å². The van der Waals surface area contributed by atoms with Crippen LogP contribution in [0.1, 0.15) is 31.7 Å². The Bertz CT molecular complexity index is 449. The van der Waals surface area contributed by atoms with Gasteiger partial charge in [0.1, 0.15) is 22.3 Å². The van der Waals surface area contributed by atoms with E-state index in [1.165, 1.54) is 18.6 Å². The molecule has 1 aliphatic carbocycles. The minimum absolute atomic E-state index is 0.00797. The predicted molar refractivity (Wildman–Crippen MR) is 72.7 cm³/mol. The molecule has 1 fully saturated rings. The van der Waals surface area contributed by atoms with Gasteiger partial charge in [-0.2, -0.15) is 0 Å². The van der Waals surface area contributed by atoms with Crippen molar-refractivity contribution in [2.45, 2.75) is 32.2 Å². The van der Waals surface area contributed by atoms with Crippen LogP contribution in [0.2, 0.25) is 0 Å². The first-order valence-corrected chi connectivity index (χ1v) is 6.45. The number of hydrogen-bond acceptors (Lipinski definition) is 2. The van der Waals surface area contributed by atoms with E-state index in [1.54, 1.807) is 0 Å². The molecule has 1 unspecified atom stereocenters. The molecule has 1 aliphatic rings. The van der Waals surface area contributed by atoms with Crippen molar-refractivity contribution in [3.63, 3.8) is 0 Å². The van der Waals surface area contributed by atoms with Crippen LogP contribution in [0, 0.1) is 17.6 Å². The number of benzene rings is 1. The molecular weight excluding hydrogens is 254 g/mol. The highest BCUT2D eigenvalue weighted by molar-refractivity contribution is 7.80. The van der Waals surface area contributed by atoms with E-state index in [9.17, 15) is 8.78 Å². The highest BCUT2D eigenvalue weighted by Crippen LogP contribution is 2.32. The quantitative estimate of drug-likeness (QED) is 0.825. The summed E-state index contributed by atoms with van der Waals surface area (Å²) in [7, 11) is 0. The van der Waals surface area contributed by atoms with E-state index in [0.717, 1.165) is 12.8 Å². The van der Waals surface area contributed by atoms with E-state index in [1.807, 2.05) is 6.92 Å². The maximum Gasteiger partial charge on any atom is 0.150 e. The van der Waals surface area contributed by atoms with E-state index in [2.05, 4.69) is 5.32 Å². The Hall–Kier alpha value is -1.23. The third-order valence-electron chi connectivity index (χ3n) is 3.56. The normalized spacial score (nSPS) is 17.1. The summed E-state index contributed by atoms with van der Waals surface area (Å²) in [6.45, 7) is 1.95. The van der Waals surface area contributed by atoms with Gasteiger partial charge in [-0.15, -0.1) is 0 Å². The van der Waals surface area contributed by atoms with Crippen molar-refractivity contribution in [1.29, 1.82) is 0 Å². The molecule has 0 aliphatic heterocycles. The van der Waals surface area contributed by atoms with Crippen LogP contribution < -0.4 is 11.1 Å². The number of nitrogens with one attached hydrogen (secondary N) is 1. The Morgan fingerprint density at radius 2 is 1.94 bits per heavy atom. The molecule has 5 heteroatoms. The molecule has 1 atom stereocenters. The third kappa shape index (κ3) is 2.61. The van der Waals surface area contributed by atoms with E-state index in [-0.39, 0.29) is 22.3 Å². The number of thiocarbonyl (C=S) groups is 1. The topological polar surface area (TPSA) is 38.0 Å². The number of halogens is 2. The highest BCUT2D eigenvalue weighted by atomic mass is 32.1. The first-order chi connectivity index (χ1) is 8.49. The van der Waals surface area contributed by atoms with Crippen LogP contribution >= 0.6 is 12.2 Å². The second kappa shape index (κ2) is 5.18. The van der Waals surface area contributed by atoms with Gasteiger partial charge in [0, 0.05) is 11.6 Å². The highest BCUT2D eigenvalue weighted by Gasteiger charge is 2.25. The summed E-state index contributed by atoms with van der Waals surface area (Å²) in [6, 6.07) is 2.40. The van der Waals surface area contributed by atoms with Crippen LogP contribution in [0.5, 0.6) is 0 Å². The van der Waals surface area contributed by atoms with Gasteiger partial charge >= 0.3 is 0 Å². The van der Waals surface area contributed by atoms with Crippen molar-refractivity contribution in [3.05, 3.63) is 29.3 Å². The van der Waals surface area contributed by atoms with Gasteiger partial charge in [0.05, 0.1) is 0 Å². The first kappa shape index (κ1) is 13.2. The lowest BCUT2D eigenvalue weighted by atomic mass is 9.80. The minimum Gasteiger partial charge on any atom is -0.389 e. The molecule has 1 aromatic carbocycles. The zero-order chi connectivity index (χ0) is 13.3. The molecule has 98 valence electrons. The Morgan fingerprint density at radius 3 is 2.33 bits per heavy atom. The lowest BCUT2D eigenvalue weighted by Crippen LogP contribution is -2.31. The molecule has 2 rings (SSSR count). The van der Waals surface area contributed by atoms with Gasteiger partial charge in [-0.05, 0) is 37.8 Å². The van der Waals surface area contributed by atoms with Gasteiger partial charge in [-0.25, -0.2) is 8.78 Å². The molecule has 18 heavy (non-hydrogen) atoms. The molecule has 1 aromatic rings. The average Bonchev–Trinajstić information content (AvgIpc) is 2.20. The molecule has 0 amide bonds. The molecule has 0 spiro atoms. The number of nitrogens with two attached hydrogens (primary N) is 1. The fraction of sp³-hybridized carbons (Fsp3) is 0.462. The largest absolute Gasteiger partial charge is 0.389 e. The number of rotatable bonds is 4. The summed E-state index contributed by atoms with van der Waals surface area (Å²) in [5, 5.41) is 2.91. The van der Waals surface area contributed by atoms with E-state index in [4.69, 9.17) is 18.0 Å². The molecule has 0 heterocycles. The first-order valence-electron chi connectivity index (χ1n) is 6.04. The van der Waals surface area contributed by atoms with Gasteiger partial charge < -0.3 is 11.1 Å². The molecule has 1 saturated carbocycles. The SMILES string of the molecule is CC(Nc1c(F)cc(C(N)=S)cc1F)C1CCC1. The Morgan fingerprint density at radius 1 is 1.39 bits per heavy atom. The summed E-state index contributed by atoms with van der Waals surface area (Å²) >= 11 is 4.71. The molecular formula is C13H16F2N2S. The van der Waals surface area contributed by atoms with Crippen molar-refractivity contribution in [3.8, 4) is 0 Å². The predicted octanol–water partition coefficient (Wildman–Crippen LogP) is 3.20. The van der Waals surface area contributed by atoms with Crippen molar-refractivity contribution < 1.29 is 8.78 Å². The molecule has 0 bridgehead atoms. The average molecular weight is 270 g/mol. The van der Waals surface area contributed by atoms with Crippen molar-refractivity contribution >= 4 is 22.9 Å². The van der Waals surface area contributed by atoms with E-state index < -0.39 is 11.6 Å². The zero-order valence-corrected chi connectivity index (χ0v) is 11.0. The lowest BCUT2D eigenvalue weighted by Gasteiger charge is -2.32. The Balaban J connectivity index is 2.19. The summed E-state index contributed by atoms with van der Waals surface area (Å²) in [4.78, 5) is -0.00797. The molecule has 2 nitrogen and oxygen atoms in total. The van der Waals surface area contributed by atoms with Crippen LogP contribution in [0.25, 0.3) is 0 Å². The van der Waals surface area contributed by atoms with Crippen LogP contribution in [-0.4, -0.2) is 11.0 Å². The van der Waals surface area contributed by atoms with E-state index in [0.29, 0.717) is 5.92 Å². The van der Waals surface area contributed by atoms with Crippen molar-refractivity contribution in [1.82, 2.24) is 0 Å². The van der Waals surface area contributed by atoms with Gasteiger partial charge in [0.15, 0.2) is 0 Å². The smallest absolute Gasteiger partial charge is 0.150 e. The second-order valence-electron chi connectivity index (χ2n) is 4.80. The third-order valence-corrected chi connectivity index (χ3v) is 3.79. The van der Waals surface area contributed by atoms with Gasteiger partial charge in [0.25, 0.3) is 0 Å². The fourth-order valence-corrected chi connectivity index (χ4v) is 2.26. The summed E-state index contributed by atoms with van der Waals surface area (Å²) in [5.74, 6) is -0.799. The summed E-state index contributed by atoms with van der Waals surface area (Å²) in [5.41, 5.74) is 5.48. The number of anilines is 1. The Labute approximate surface area is 111 Å². The molecule has 0 aromatic heterocycles. The molecule has 3 N–H and O–H groups in total. The summed E-state index contributed by atoms with van der Waals surface area (Å²) < 4.78 is 27.6. The number of hydrogen-bond donors (Lipinski definition) is 2. The Kier molecular flexibility index (Phi) is 3.80. The molecule has 0 radical (unpaired) electrons. The van der Waals surface area contributed by atoms with Crippen LogP contribution in [0.15, 0.2) is 12.1 Å². The maximum absolute atomic E-state index is 13.8. The van der Waals surface area contributed by atoms with E-state index >= 15 is 0 Å². The minimum atomic E-state index is -0.649. The van der Waals surface area contributed by atoms with Gasteiger partial charge in [-0.1, -0.05) is 18.6 Å². The van der Waals surface area contributed by atoms with Crippen molar-refractivity contribution in [2.24, 2.45) is 11.7 Å². The van der Waals surface area contributed by atoms with Crippen LogP contribution in [0.4, 0.5) is 14.5 Å². The second-order valence-corrected chi connectivity index (χ2v) is 5.24. The monoisotopic (exact) mass is 270 g/mol.